The quantitative estimate of drug-likeness (QED) is 0.787. The van der Waals surface area contributed by atoms with Gasteiger partial charge in [-0.15, -0.1) is 0 Å². The number of halogens is 1. The monoisotopic (exact) mass is 292 g/mol. The molecule has 2 unspecified atom stereocenters. The fourth-order valence-electron chi connectivity index (χ4n) is 3.14. The van der Waals surface area contributed by atoms with Gasteiger partial charge >= 0.3 is 0 Å². The van der Waals surface area contributed by atoms with Crippen LogP contribution in [0.4, 0.5) is 4.39 Å². The first-order chi connectivity index (χ1) is 10.2. The molecule has 0 spiro atoms. The lowest BCUT2D eigenvalue weighted by atomic mass is 10.0. The van der Waals surface area contributed by atoms with Crippen LogP contribution >= 0.6 is 0 Å². The van der Waals surface area contributed by atoms with Crippen molar-refractivity contribution in [1.82, 2.24) is 10.2 Å². The number of nitrogens with zero attached hydrogens (tertiary/aromatic N) is 1. The number of nitrogens with one attached hydrogen (secondary N) is 1. The van der Waals surface area contributed by atoms with Crippen molar-refractivity contribution in [2.45, 2.75) is 58.0 Å². The van der Waals surface area contributed by atoms with Crippen LogP contribution in [0.3, 0.4) is 0 Å². The molecule has 0 radical (unpaired) electrons. The Bertz CT molecular complexity index is 398. The van der Waals surface area contributed by atoms with Gasteiger partial charge in [-0.3, -0.25) is 4.90 Å². The summed E-state index contributed by atoms with van der Waals surface area (Å²) < 4.78 is 13.0. The van der Waals surface area contributed by atoms with Crippen LogP contribution in [0.15, 0.2) is 24.3 Å². The van der Waals surface area contributed by atoms with E-state index in [9.17, 15) is 4.39 Å². The highest BCUT2D eigenvalue weighted by atomic mass is 19.1. The van der Waals surface area contributed by atoms with E-state index in [0.717, 1.165) is 19.5 Å². The summed E-state index contributed by atoms with van der Waals surface area (Å²) >= 11 is 0. The van der Waals surface area contributed by atoms with E-state index in [1.807, 2.05) is 12.1 Å². The molecule has 1 aromatic carbocycles. The van der Waals surface area contributed by atoms with Crippen LogP contribution in [-0.4, -0.2) is 36.6 Å². The standard InChI is InChI=1S/C18H29FN2/c1-3-4-12-21(14-18-6-5-11-20-18)15(2)13-16-7-9-17(19)10-8-16/h7-10,15,18,20H,3-6,11-14H2,1-2H3. The Kier molecular flexibility index (Phi) is 6.65. The van der Waals surface area contributed by atoms with Gasteiger partial charge in [0.25, 0.3) is 0 Å². The Hall–Kier alpha value is -0.930. The molecule has 1 N–H and O–H groups in total. The van der Waals surface area contributed by atoms with E-state index in [4.69, 9.17) is 0 Å². The van der Waals surface area contributed by atoms with Crippen LogP contribution in [-0.2, 0) is 6.42 Å². The predicted molar refractivity (Wildman–Crippen MR) is 87.1 cm³/mol. The second kappa shape index (κ2) is 8.50. The Morgan fingerprint density at radius 2 is 2.10 bits per heavy atom. The van der Waals surface area contributed by atoms with E-state index in [1.54, 1.807) is 12.1 Å². The molecule has 0 amide bonds. The summed E-state index contributed by atoms with van der Waals surface area (Å²) in [6.07, 6.45) is 6.08. The van der Waals surface area contributed by atoms with Crippen LogP contribution in [0.2, 0.25) is 0 Å². The Labute approximate surface area is 128 Å². The van der Waals surface area contributed by atoms with Crippen LogP contribution < -0.4 is 5.32 Å². The summed E-state index contributed by atoms with van der Waals surface area (Å²) in [5, 5.41) is 3.60. The minimum Gasteiger partial charge on any atom is -0.313 e. The van der Waals surface area contributed by atoms with Crippen molar-refractivity contribution in [2.24, 2.45) is 0 Å². The highest BCUT2D eigenvalue weighted by molar-refractivity contribution is 5.17. The van der Waals surface area contributed by atoms with Crippen molar-refractivity contribution in [3.63, 3.8) is 0 Å². The van der Waals surface area contributed by atoms with E-state index in [1.165, 1.54) is 37.8 Å². The fourth-order valence-corrected chi connectivity index (χ4v) is 3.14. The van der Waals surface area contributed by atoms with Gasteiger partial charge in [-0.05, 0) is 63.4 Å². The Morgan fingerprint density at radius 3 is 2.71 bits per heavy atom. The second-order valence-electron chi connectivity index (χ2n) is 6.32. The zero-order chi connectivity index (χ0) is 15.1. The maximum absolute atomic E-state index is 13.0. The van der Waals surface area contributed by atoms with Crippen molar-refractivity contribution in [3.8, 4) is 0 Å². The zero-order valence-corrected chi connectivity index (χ0v) is 13.4. The number of hydrogen-bond donors (Lipinski definition) is 1. The lowest BCUT2D eigenvalue weighted by molar-refractivity contribution is 0.187. The summed E-state index contributed by atoms with van der Waals surface area (Å²) in [5.74, 6) is -0.149. The van der Waals surface area contributed by atoms with Gasteiger partial charge in [0.05, 0.1) is 0 Å². The van der Waals surface area contributed by atoms with Crippen molar-refractivity contribution in [1.29, 1.82) is 0 Å². The van der Waals surface area contributed by atoms with Gasteiger partial charge in [0.15, 0.2) is 0 Å². The van der Waals surface area contributed by atoms with E-state index in [0.29, 0.717) is 12.1 Å². The first kappa shape index (κ1) is 16.4. The average molecular weight is 292 g/mol. The topological polar surface area (TPSA) is 15.3 Å². The van der Waals surface area contributed by atoms with Crippen LogP contribution in [0, 0.1) is 5.82 Å². The lowest BCUT2D eigenvalue weighted by Gasteiger charge is -2.31. The summed E-state index contributed by atoms with van der Waals surface area (Å²) in [6.45, 7) is 8.02. The first-order valence-corrected chi connectivity index (χ1v) is 8.41. The lowest BCUT2D eigenvalue weighted by Crippen LogP contribution is -2.43. The van der Waals surface area contributed by atoms with Crippen molar-refractivity contribution in [2.75, 3.05) is 19.6 Å². The molecule has 1 aromatic rings. The first-order valence-electron chi connectivity index (χ1n) is 8.41. The van der Waals surface area contributed by atoms with Gasteiger partial charge in [-0.25, -0.2) is 4.39 Å². The molecule has 1 aliphatic heterocycles. The van der Waals surface area contributed by atoms with E-state index in [-0.39, 0.29) is 5.82 Å². The molecule has 0 aromatic heterocycles. The third-order valence-electron chi connectivity index (χ3n) is 4.48. The summed E-state index contributed by atoms with van der Waals surface area (Å²) in [7, 11) is 0. The molecule has 1 fully saturated rings. The van der Waals surface area contributed by atoms with Gasteiger partial charge in [-0.2, -0.15) is 0 Å². The molecule has 2 atom stereocenters. The van der Waals surface area contributed by atoms with Crippen LogP contribution in [0.5, 0.6) is 0 Å². The fraction of sp³-hybridized carbons (Fsp3) is 0.667. The van der Waals surface area contributed by atoms with Crippen molar-refractivity contribution < 1.29 is 4.39 Å². The summed E-state index contributed by atoms with van der Waals surface area (Å²) in [4.78, 5) is 2.61. The molecule has 3 heteroatoms. The number of benzene rings is 1. The molecule has 1 aliphatic rings. The molecular formula is C18H29FN2. The average Bonchev–Trinajstić information content (AvgIpc) is 2.98. The molecule has 1 saturated heterocycles. The van der Waals surface area contributed by atoms with Gasteiger partial charge in [0.1, 0.15) is 5.82 Å². The third-order valence-corrected chi connectivity index (χ3v) is 4.48. The molecule has 0 bridgehead atoms. The number of rotatable bonds is 8. The molecular weight excluding hydrogens is 263 g/mol. The molecule has 118 valence electrons. The maximum atomic E-state index is 13.0. The SMILES string of the molecule is CCCCN(CC1CCCN1)C(C)Cc1ccc(F)cc1. The summed E-state index contributed by atoms with van der Waals surface area (Å²) in [6, 6.07) is 8.12. The Balaban J connectivity index is 1.91. The predicted octanol–water partition coefficient (Wildman–Crippen LogP) is 3.61. The zero-order valence-electron chi connectivity index (χ0n) is 13.4. The van der Waals surface area contributed by atoms with E-state index in [2.05, 4.69) is 24.1 Å². The van der Waals surface area contributed by atoms with Crippen LogP contribution in [0.25, 0.3) is 0 Å². The maximum Gasteiger partial charge on any atom is 0.123 e. The van der Waals surface area contributed by atoms with Crippen molar-refractivity contribution >= 4 is 0 Å². The van der Waals surface area contributed by atoms with E-state index >= 15 is 0 Å². The van der Waals surface area contributed by atoms with Gasteiger partial charge in [-0.1, -0.05) is 25.5 Å². The molecule has 0 aliphatic carbocycles. The van der Waals surface area contributed by atoms with Gasteiger partial charge in [0, 0.05) is 18.6 Å². The second-order valence-corrected chi connectivity index (χ2v) is 6.32. The minimum atomic E-state index is -0.149. The molecule has 2 nitrogen and oxygen atoms in total. The number of hydrogen-bond acceptors (Lipinski definition) is 2. The van der Waals surface area contributed by atoms with Crippen LogP contribution in [0.1, 0.15) is 45.1 Å². The third kappa shape index (κ3) is 5.40. The summed E-state index contributed by atoms with van der Waals surface area (Å²) in [5.41, 5.74) is 1.23. The highest BCUT2D eigenvalue weighted by Gasteiger charge is 2.21. The molecule has 21 heavy (non-hydrogen) atoms. The Morgan fingerprint density at radius 1 is 1.33 bits per heavy atom. The molecule has 2 rings (SSSR count). The highest BCUT2D eigenvalue weighted by Crippen LogP contribution is 2.14. The normalized spacial score (nSPS) is 20.1. The van der Waals surface area contributed by atoms with Gasteiger partial charge in [0.2, 0.25) is 0 Å². The van der Waals surface area contributed by atoms with Gasteiger partial charge < -0.3 is 5.32 Å². The largest absolute Gasteiger partial charge is 0.313 e. The van der Waals surface area contributed by atoms with Crippen molar-refractivity contribution in [3.05, 3.63) is 35.6 Å². The molecule has 0 saturated carbocycles. The van der Waals surface area contributed by atoms with E-state index < -0.39 is 0 Å². The minimum absolute atomic E-state index is 0.149. The number of unbranched alkanes of at least 4 members (excludes halogenated alkanes) is 1. The smallest absolute Gasteiger partial charge is 0.123 e. The molecule has 1 heterocycles.